The Morgan fingerprint density at radius 1 is 1.03 bits per heavy atom. The van der Waals surface area contributed by atoms with Crippen LogP contribution in [0.25, 0.3) is 0 Å². The van der Waals surface area contributed by atoms with Gasteiger partial charge in [0.15, 0.2) is 0 Å². The topological polar surface area (TPSA) is 75.0 Å². The van der Waals surface area contributed by atoms with Crippen molar-refractivity contribution in [2.45, 2.75) is 25.4 Å². The Morgan fingerprint density at radius 3 is 2.34 bits per heavy atom. The van der Waals surface area contributed by atoms with E-state index in [-0.39, 0.29) is 12.0 Å². The van der Waals surface area contributed by atoms with Gasteiger partial charge in [0.1, 0.15) is 11.9 Å². The Hall–Kier alpha value is -3.65. The second kappa shape index (κ2) is 10.6. The van der Waals surface area contributed by atoms with Crippen LogP contribution in [0.5, 0.6) is 5.75 Å². The highest BCUT2D eigenvalue weighted by Gasteiger charge is 2.15. The summed E-state index contributed by atoms with van der Waals surface area (Å²) < 4.78 is 6.15. The van der Waals surface area contributed by atoms with Crippen molar-refractivity contribution < 1.29 is 9.53 Å². The summed E-state index contributed by atoms with van der Waals surface area (Å²) in [7, 11) is 0. The molecule has 1 unspecified atom stereocenters. The predicted molar refractivity (Wildman–Crippen MR) is 111 cm³/mol. The summed E-state index contributed by atoms with van der Waals surface area (Å²) in [6, 6.07) is 25.3. The van der Waals surface area contributed by atoms with E-state index in [9.17, 15) is 4.79 Å². The fourth-order valence-corrected chi connectivity index (χ4v) is 2.94. The zero-order valence-electron chi connectivity index (χ0n) is 16.1. The van der Waals surface area contributed by atoms with E-state index in [2.05, 4.69) is 28.5 Å². The lowest BCUT2D eigenvalue weighted by atomic mass is 10.0. The van der Waals surface area contributed by atoms with Gasteiger partial charge in [0.05, 0.1) is 11.6 Å². The second-order valence-corrected chi connectivity index (χ2v) is 6.63. The molecular formula is C24H23N3O2. The van der Waals surface area contributed by atoms with Crippen molar-refractivity contribution in [2.24, 2.45) is 0 Å². The maximum absolute atomic E-state index is 10.1. The van der Waals surface area contributed by atoms with Gasteiger partial charge in [-0.05, 0) is 48.4 Å². The van der Waals surface area contributed by atoms with Crippen LogP contribution in [0.2, 0.25) is 0 Å². The molecule has 5 nitrogen and oxygen atoms in total. The van der Waals surface area contributed by atoms with E-state index in [1.807, 2.05) is 48.5 Å². The first-order valence-electron chi connectivity index (χ1n) is 9.63. The molecule has 1 fully saturated rings. The monoisotopic (exact) mass is 385 g/mol. The van der Waals surface area contributed by atoms with Crippen LogP contribution in [0.3, 0.4) is 0 Å². The molecule has 146 valence electrons. The van der Waals surface area contributed by atoms with Gasteiger partial charge in [0, 0.05) is 31.3 Å². The normalized spacial score (nSPS) is 13.4. The fraction of sp³-hybridized carbons (Fsp3) is 0.208. The highest BCUT2D eigenvalue weighted by molar-refractivity contribution is 5.77. The largest absolute Gasteiger partial charge is 0.485 e. The summed E-state index contributed by atoms with van der Waals surface area (Å²) >= 11 is 0. The van der Waals surface area contributed by atoms with Crippen molar-refractivity contribution in [1.82, 2.24) is 10.3 Å². The highest BCUT2D eigenvalue weighted by Crippen LogP contribution is 2.25. The molecule has 2 heterocycles. The lowest BCUT2D eigenvalue weighted by Gasteiger charge is -2.19. The third-order valence-corrected chi connectivity index (χ3v) is 4.46. The van der Waals surface area contributed by atoms with Gasteiger partial charge in [-0.1, -0.05) is 36.4 Å². The number of benzene rings is 2. The molecule has 3 aromatic rings. The van der Waals surface area contributed by atoms with Crippen molar-refractivity contribution in [2.75, 3.05) is 6.54 Å². The van der Waals surface area contributed by atoms with E-state index >= 15 is 0 Å². The molecule has 0 radical (unpaired) electrons. The Morgan fingerprint density at radius 2 is 1.79 bits per heavy atom. The maximum Gasteiger partial charge on any atom is 0.220 e. The van der Waals surface area contributed by atoms with Gasteiger partial charge in [0.2, 0.25) is 5.91 Å². The molecule has 0 spiro atoms. The Balaban J connectivity index is 0.000000343. The number of pyridine rings is 1. The molecule has 1 aromatic heterocycles. The SMILES string of the molecule is N#Cc1ccc(OC(Cc2ccccn2)c2ccccc2)cc1.O=C1CCCN1. The Labute approximate surface area is 171 Å². The number of nitrogens with one attached hydrogen (secondary N) is 1. The van der Waals surface area contributed by atoms with Gasteiger partial charge in [-0.3, -0.25) is 9.78 Å². The molecule has 1 aliphatic rings. The average Bonchev–Trinajstić information content (AvgIpc) is 3.26. The number of nitriles is 1. The zero-order valence-corrected chi connectivity index (χ0v) is 16.1. The summed E-state index contributed by atoms with van der Waals surface area (Å²) in [6.07, 6.45) is 4.11. The molecule has 0 saturated carbocycles. The van der Waals surface area contributed by atoms with Crippen molar-refractivity contribution in [3.63, 3.8) is 0 Å². The molecule has 5 heteroatoms. The van der Waals surface area contributed by atoms with Gasteiger partial charge in [-0.15, -0.1) is 0 Å². The molecule has 4 rings (SSSR count). The molecule has 29 heavy (non-hydrogen) atoms. The first kappa shape index (κ1) is 20.1. The number of nitrogens with zero attached hydrogens (tertiary/aromatic N) is 2. The van der Waals surface area contributed by atoms with Crippen LogP contribution in [0.1, 0.15) is 35.8 Å². The first-order valence-corrected chi connectivity index (χ1v) is 9.63. The molecule has 2 aromatic carbocycles. The summed E-state index contributed by atoms with van der Waals surface area (Å²) in [4.78, 5) is 14.5. The molecule has 0 aliphatic carbocycles. The molecule has 1 atom stereocenters. The van der Waals surface area contributed by atoms with Gasteiger partial charge < -0.3 is 10.1 Å². The van der Waals surface area contributed by atoms with Gasteiger partial charge >= 0.3 is 0 Å². The minimum Gasteiger partial charge on any atom is -0.485 e. The van der Waals surface area contributed by atoms with Crippen molar-refractivity contribution >= 4 is 5.91 Å². The first-order chi connectivity index (χ1) is 14.2. The lowest BCUT2D eigenvalue weighted by Crippen LogP contribution is -2.12. The van der Waals surface area contributed by atoms with Crippen LogP contribution in [0, 0.1) is 11.3 Å². The van der Waals surface area contributed by atoms with E-state index in [1.54, 1.807) is 18.3 Å². The van der Waals surface area contributed by atoms with E-state index < -0.39 is 0 Å². The minimum absolute atomic E-state index is 0.126. The van der Waals surface area contributed by atoms with Crippen LogP contribution in [-0.2, 0) is 11.2 Å². The number of amides is 1. The fourth-order valence-electron chi connectivity index (χ4n) is 2.94. The van der Waals surface area contributed by atoms with Gasteiger partial charge in [-0.2, -0.15) is 5.26 Å². The summed E-state index contributed by atoms with van der Waals surface area (Å²) in [5.74, 6) is 0.948. The second-order valence-electron chi connectivity index (χ2n) is 6.63. The number of rotatable bonds is 5. The van der Waals surface area contributed by atoms with Gasteiger partial charge in [-0.25, -0.2) is 0 Å². The molecule has 1 amide bonds. The number of carbonyl (C=O) groups is 1. The third kappa shape index (κ3) is 6.47. The Bertz CT molecular complexity index is 927. The van der Waals surface area contributed by atoms with Crippen LogP contribution in [0.4, 0.5) is 0 Å². The standard InChI is InChI=1S/C20H16N2O.C4H7NO/c21-15-16-9-11-19(12-10-16)23-20(17-6-2-1-3-7-17)14-18-8-4-5-13-22-18;6-4-2-1-3-5-4/h1-13,20H,14H2;1-3H2,(H,5,6). The number of carbonyl (C=O) groups excluding carboxylic acids is 1. The van der Waals surface area contributed by atoms with Crippen LogP contribution in [-0.4, -0.2) is 17.4 Å². The van der Waals surface area contributed by atoms with Crippen molar-refractivity contribution in [1.29, 1.82) is 5.26 Å². The predicted octanol–water partition coefficient (Wildman–Crippen LogP) is 4.21. The summed E-state index contributed by atoms with van der Waals surface area (Å²) in [5, 5.41) is 11.6. The van der Waals surface area contributed by atoms with Crippen LogP contribution >= 0.6 is 0 Å². The number of hydrogen-bond acceptors (Lipinski definition) is 4. The van der Waals surface area contributed by atoms with Crippen molar-refractivity contribution in [3.8, 4) is 11.8 Å². The molecule has 1 aliphatic heterocycles. The van der Waals surface area contributed by atoms with Crippen LogP contribution in [0.15, 0.2) is 79.0 Å². The number of hydrogen-bond donors (Lipinski definition) is 1. The van der Waals surface area contributed by atoms with E-state index in [0.717, 1.165) is 36.4 Å². The molecule has 1 saturated heterocycles. The smallest absolute Gasteiger partial charge is 0.220 e. The van der Waals surface area contributed by atoms with Crippen molar-refractivity contribution in [3.05, 3.63) is 95.8 Å². The van der Waals surface area contributed by atoms with E-state index in [4.69, 9.17) is 10.00 Å². The lowest BCUT2D eigenvalue weighted by molar-refractivity contribution is -0.119. The average molecular weight is 385 g/mol. The number of ether oxygens (including phenoxy) is 1. The van der Waals surface area contributed by atoms with Gasteiger partial charge in [0.25, 0.3) is 0 Å². The van der Waals surface area contributed by atoms with E-state index in [0.29, 0.717) is 12.0 Å². The quantitative estimate of drug-likeness (QED) is 0.714. The third-order valence-electron chi connectivity index (χ3n) is 4.46. The van der Waals surface area contributed by atoms with E-state index in [1.165, 1.54) is 0 Å². The number of aromatic nitrogens is 1. The van der Waals surface area contributed by atoms with Crippen LogP contribution < -0.4 is 10.1 Å². The Kier molecular flexibility index (Phi) is 7.36. The highest BCUT2D eigenvalue weighted by atomic mass is 16.5. The minimum atomic E-state index is -0.126. The molecule has 0 bridgehead atoms. The zero-order chi connectivity index (χ0) is 20.3. The molecule has 1 N–H and O–H groups in total. The summed E-state index contributed by atoms with van der Waals surface area (Å²) in [6.45, 7) is 0.888. The maximum atomic E-state index is 10.1. The molecular weight excluding hydrogens is 362 g/mol. The summed E-state index contributed by atoms with van der Waals surface area (Å²) in [5.41, 5.74) is 2.70.